The molecule has 0 aliphatic heterocycles. The van der Waals surface area contributed by atoms with Gasteiger partial charge in [-0.25, -0.2) is 0 Å². The molecule has 0 fully saturated rings. The molecule has 0 saturated heterocycles. The Morgan fingerprint density at radius 3 is 2.00 bits per heavy atom. The summed E-state index contributed by atoms with van der Waals surface area (Å²) in [7, 11) is 1.35. The topological polar surface area (TPSA) is 72.8 Å². The van der Waals surface area contributed by atoms with Gasteiger partial charge in [-0.3, -0.25) is 9.59 Å². The van der Waals surface area contributed by atoms with E-state index in [9.17, 15) is 14.7 Å². The second-order valence-electron chi connectivity index (χ2n) is 6.91. The number of ether oxygens (including phenoxy) is 2. The Hall–Kier alpha value is -2.04. The third-order valence-corrected chi connectivity index (χ3v) is 4.65. The SMILES string of the molecule is CCCCCCCCCCCCCC(=O)Oc1c(C=O)ccc(O)c1OC. The van der Waals surface area contributed by atoms with Gasteiger partial charge in [0.15, 0.2) is 17.8 Å². The highest BCUT2D eigenvalue weighted by Crippen LogP contribution is 2.38. The van der Waals surface area contributed by atoms with Crippen molar-refractivity contribution >= 4 is 12.3 Å². The summed E-state index contributed by atoms with van der Waals surface area (Å²) in [5, 5.41) is 9.77. The average molecular weight is 379 g/mol. The van der Waals surface area contributed by atoms with Crippen LogP contribution in [0.1, 0.15) is 94.3 Å². The van der Waals surface area contributed by atoms with Crippen LogP contribution >= 0.6 is 0 Å². The van der Waals surface area contributed by atoms with Crippen molar-refractivity contribution in [3.05, 3.63) is 17.7 Å². The zero-order chi connectivity index (χ0) is 19.9. The van der Waals surface area contributed by atoms with Gasteiger partial charge in [0, 0.05) is 6.42 Å². The van der Waals surface area contributed by atoms with E-state index in [0.717, 1.165) is 19.3 Å². The van der Waals surface area contributed by atoms with E-state index in [2.05, 4.69) is 6.92 Å². The molecule has 0 heterocycles. The average Bonchev–Trinajstić information content (AvgIpc) is 2.66. The van der Waals surface area contributed by atoms with Crippen molar-refractivity contribution in [2.24, 2.45) is 0 Å². The molecule has 1 rings (SSSR count). The molecule has 5 nitrogen and oxygen atoms in total. The number of unbranched alkanes of at least 4 members (excludes halogenated alkanes) is 10. The van der Waals surface area contributed by atoms with E-state index in [1.165, 1.54) is 70.6 Å². The minimum atomic E-state index is -0.419. The minimum absolute atomic E-state index is 0.00638. The van der Waals surface area contributed by atoms with Gasteiger partial charge in [0.05, 0.1) is 12.7 Å². The number of hydrogen-bond donors (Lipinski definition) is 1. The van der Waals surface area contributed by atoms with Crippen LogP contribution < -0.4 is 9.47 Å². The van der Waals surface area contributed by atoms with Crippen LogP contribution in [0, 0.1) is 0 Å². The minimum Gasteiger partial charge on any atom is -0.504 e. The molecule has 0 radical (unpaired) electrons. The van der Waals surface area contributed by atoms with Gasteiger partial charge >= 0.3 is 5.97 Å². The zero-order valence-electron chi connectivity index (χ0n) is 16.8. The molecular formula is C22H34O5. The second kappa shape index (κ2) is 14.1. The maximum atomic E-state index is 12.0. The second-order valence-corrected chi connectivity index (χ2v) is 6.91. The molecule has 0 saturated carbocycles. The molecule has 0 spiro atoms. The van der Waals surface area contributed by atoms with Gasteiger partial charge in [-0.15, -0.1) is 0 Å². The van der Waals surface area contributed by atoms with Crippen LogP contribution in [0.15, 0.2) is 12.1 Å². The molecule has 5 heteroatoms. The monoisotopic (exact) mass is 378 g/mol. The molecule has 0 atom stereocenters. The predicted molar refractivity (Wildman–Crippen MR) is 107 cm³/mol. The number of aldehydes is 1. The van der Waals surface area contributed by atoms with Crippen molar-refractivity contribution < 1.29 is 24.2 Å². The standard InChI is InChI=1S/C22H34O5/c1-3-4-5-6-7-8-9-10-11-12-13-14-20(25)27-21-18(17-23)15-16-19(24)22(21)26-2/h15-17,24H,3-14H2,1-2H3. The van der Waals surface area contributed by atoms with Crippen LogP contribution in [0.3, 0.4) is 0 Å². The van der Waals surface area contributed by atoms with Crippen LogP contribution in [-0.2, 0) is 4.79 Å². The van der Waals surface area contributed by atoms with E-state index in [4.69, 9.17) is 9.47 Å². The number of aromatic hydroxyl groups is 1. The lowest BCUT2D eigenvalue weighted by Gasteiger charge is -2.12. The Morgan fingerprint density at radius 1 is 0.926 bits per heavy atom. The number of phenols is 1. The molecule has 1 aromatic carbocycles. The number of carbonyl (C=O) groups is 2. The lowest BCUT2D eigenvalue weighted by molar-refractivity contribution is -0.134. The van der Waals surface area contributed by atoms with Crippen LogP contribution in [0.5, 0.6) is 17.2 Å². The Morgan fingerprint density at radius 2 is 1.48 bits per heavy atom. The molecule has 0 amide bonds. The van der Waals surface area contributed by atoms with E-state index in [1.54, 1.807) is 0 Å². The van der Waals surface area contributed by atoms with E-state index < -0.39 is 5.97 Å². The van der Waals surface area contributed by atoms with Crippen molar-refractivity contribution in [1.29, 1.82) is 0 Å². The summed E-state index contributed by atoms with van der Waals surface area (Å²) in [5.74, 6) is -0.592. The molecule has 0 aliphatic carbocycles. The maximum Gasteiger partial charge on any atom is 0.311 e. The van der Waals surface area contributed by atoms with Gasteiger partial charge < -0.3 is 14.6 Å². The molecule has 1 N–H and O–H groups in total. The summed E-state index contributed by atoms with van der Waals surface area (Å²) >= 11 is 0. The Balaban J connectivity index is 2.22. The number of carbonyl (C=O) groups excluding carboxylic acids is 2. The van der Waals surface area contributed by atoms with Crippen LogP contribution in [0.2, 0.25) is 0 Å². The van der Waals surface area contributed by atoms with Gasteiger partial charge in [0.2, 0.25) is 5.75 Å². The number of esters is 1. The Kier molecular flexibility index (Phi) is 12.0. The summed E-state index contributed by atoms with van der Waals surface area (Å²) in [6.45, 7) is 2.23. The smallest absolute Gasteiger partial charge is 0.311 e. The first-order chi connectivity index (χ1) is 13.1. The van der Waals surface area contributed by atoms with Gasteiger partial charge in [-0.2, -0.15) is 0 Å². The molecule has 152 valence electrons. The molecule has 0 bridgehead atoms. The fourth-order valence-electron chi connectivity index (χ4n) is 3.06. The quantitative estimate of drug-likeness (QED) is 0.180. The number of benzene rings is 1. The maximum absolute atomic E-state index is 12.0. The number of hydrogen-bond acceptors (Lipinski definition) is 5. The molecule has 1 aromatic rings. The number of phenolic OH excluding ortho intramolecular Hbond substituents is 1. The predicted octanol–water partition coefficient (Wildman–Crippen LogP) is 5.82. The lowest BCUT2D eigenvalue weighted by Crippen LogP contribution is -2.10. The highest BCUT2D eigenvalue weighted by atomic mass is 16.6. The van der Waals surface area contributed by atoms with Gasteiger partial charge in [-0.1, -0.05) is 71.1 Å². The first-order valence-electron chi connectivity index (χ1n) is 10.2. The normalized spacial score (nSPS) is 10.6. The van der Waals surface area contributed by atoms with Crippen molar-refractivity contribution in [3.63, 3.8) is 0 Å². The van der Waals surface area contributed by atoms with Crippen molar-refractivity contribution in [3.8, 4) is 17.2 Å². The fraction of sp³-hybridized carbons (Fsp3) is 0.636. The zero-order valence-corrected chi connectivity index (χ0v) is 16.8. The van der Waals surface area contributed by atoms with E-state index in [-0.39, 0.29) is 29.2 Å². The summed E-state index contributed by atoms with van der Waals surface area (Å²) < 4.78 is 10.3. The molecule has 27 heavy (non-hydrogen) atoms. The van der Waals surface area contributed by atoms with Crippen LogP contribution in [0.4, 0.5) is 0 Å². The summed E-state index contributed by atoms with van der Waals surface area (Å²) in [6, 6.07) is 2.74. The van der Waals surface area contributed by atoms with E-state index in [1.807, 2.05) is 0 Å². The molecular weight excluding hydrogens is 344 g/mol. The first kappa shape index (κ1) is 23.0. The molecule has 0 aliphatic rings. The largest absolute Gasteiger partial charge is 0.504 e. The van der Waals surface area contributed by atoms with Crippen molar-refractivity contribution in [2.45, 2.75) is 84.0 Å². The van der Waals surface area contributed by atoms with E-state index >= 15 is 0 Å². The van der Waals surface area contributed by atoms with Gasteiger partial charge in [0.25, 0.3) is 0 Å². The van der Waals surface area contributed by atoms with Gasteiger partial charge in [0.1, 0.15) is 0 Å². The first-order valence-corrected chi connectivity index (χ1v) is 10.2. The lowest BCUT2D eigenvalue weighted by atomic mass is 10.1. The van der Waals surface area contributed by atoms with Crippen LogP contribution in [-0.4, -0.2) is 24.5 Å². The van der Waals surface area contributed by atoms with E-state index in [0.29, 0.717) is 6.29 Å². The van der Waals surface area contributed by atoms with Gasteiger partial charge in [-0.05, 0) is 18.6 Å². The summed E-state index contributed by atoms with van der Waals surface area (Å²) in [6.07, 6.45) is 14.2. The fourth-order valence-corrected chi connectivity index (χ4v) is 3.06. The summed E-state index contributed by atoms with van der Waals surface area (Å²) in [5.41, 5.74) is 0.178. The molecule has 0 unspecified atom stereocenters. The van der Waals surface area contributed by atoms with Crippen LogP contribution in [0.25, 0.3) is 0 Å². The Bertz CT molecular complexity index is 568. The molecule has 0 aromatic heterocycles. The highest BCUT2D eigenvalue weighted by molar-refractivity contribution is 5.85. The highest BCUT2D eigenvalue weighted by Gasteiger charge is 2.18. The Labute approximate surface area is 163 Å². The van der Waals surface area contributed by atoms with Crippen molar-refractivity contribution in [1.82, 2.24) is 0 Å². The number of rotatable bonds is 15. The van der Waals surface area contributed by atoms with Crippen molar-refractivity contribution in [2.75, 3.05) is 7.11 Å². The third-order valence-electron chi connectivity index (χ3n) is 4.65. The number of methoxy groups -OCH3 is 1. The third kappa shape index (κ3) is 8.94. The summed E-state index contributed by atoms with van der Waals surface area (Å²) in [4.78, 5) is 23.2.